The van der Waals surface area contributed by atoms with Crippen molar-refractivity contribution in [3.8, 4) is 11.5 Å². The van der Waals surface area contributed by atoms with Crippen molar-refractivity contribution in [3.05, 3.63) is 89.5 Å². The van der Waals surface area contributed by atoms with Crippen LogP contribution in [0.3, 0.4) is 0 Å². The predicted octanol–water partition coefficient (Wildman–Crippen LogP) is 6.50. The van der Waals surface area contributed by atoms with Gasteiger partial charge in [0.25, 0.3) is 5.91 Å². The highest BCUT2D eigenvalue weighted by atomic mass is 32.2. The fraction of sp³-hybridized carbons (Fsp3) is 0.258. The van der Waals surface area contributed by atoms with Gasteiger partial charge in [-0.25, -0.2) is 9.99 Å². The normalized spacial score (nSPS) is 19.7. The number of hydrazone groups is 1. The molecule has 1 aliphatic heterocycles. The minimum atomic E-state index is -0.158. The number of aromatic nitrogens is 2. The summed E-state index contributed by atoms with van der Waals surface area (Å²) in [6.45, 7) is 0. The number of ether oxygens (including phenoxy) is 2. The molecule has 198 valence electrons. The second-order valence-electron chi connectivity index (χ2n) is 9.73. The summed E-state index contributed by atoms with van der Waals surface area (Å²) in [6.07, 6.45) is 5.17. The Hall–Kier alpha value is -4.04. The molecule has 1 amide bonds. The van der Waals surface area contributed by atoms with E-state index < -0.39 is 0 Å². The number of hydrogen-bond donors (Lipinski definition) is 1. The fourth-order valence-corrected chi connectivity index (χ4v) is 6.17. The molecule has 2 atom stereocenters. The third-order valence-corrected chi connectivity index (χ3v) is 8.23. The van der Waals surface area contributed by atoms with Gasteiger partial charge in [-0.1, -0.05) is 48.2 Å². The smallest absolute Gasteiger partial charge is 0.253 e. The van der Waals surface area contributed by atoms with Gasteiger partial charge in [0.05, 0.1) is 42.8 Å². The first-order chi connectivity index (χ1) is 19.1. The van der Waals surface area contributed by atoms with Crippen LogP contribution in [0.4, 0.5) is 0 Å². The molecule has 0 unspecified atom stereocenters. The number of aromatic amines is 1. The zero-order valence-electron chi connectivity index (χ0n) is 22.0. The largest absolute Gasteiger partial charge is 0.497 e. The van der Waals surface area contributed by atoms with E-state index in [2.05, 4.69) is 40.3 Å². The number of hydrogen-bond acceptors (Lipinski definition) is 6. The van der Waals surface area contributed by atoms with Crippen LogP contribution < -0.4 is 9.47 Å². The van der Waals surface area contributed by atoms with Crippen molar-refractivity contribution in [2.75, 3.05) is 20.0 Å². The molecule has 1 fully saturated rings. The number of para-hydroxylation sites is 2. The molecule has 6 rings (SSSR count). The molecule has 0 saturated heterocycles. The number of carbonyl (C=O) groups is 1. The summed E-state index contributed by atoms with van der Waals surface area (Å²) in [5.74, 6) is 1.96. The molecule has 2 aliphatic rings. The van der Waals surface area contributed by atoms with E-state index in [1.807, 2.05) is 48.5 Å². The van der Waals surface area contributed by atoms with Crippen molar-refractivity contribution in [1.82, 2.24) is 15.0 Å². The van der Waals surface area contributed by atoms with Crippen LogP contribution in [-0.4, -0.2) is 46.6 Å². The number of imidazole rings is 1. The van der Waals surface area contributed by atoms with E-state index in [-0.39, 0.29) is 23.6 Å². The van der Waals surface area contributed by atoms with Gasteiger partial charge in [-0.05, 0) is 78.4 Å². The average Bonchev–Trinajstić information content (AvgIpc) is 3.58. The van der Waals surface area contributed by atoms with Crippen LogP contribution in [0.25, 0.3) is 17.1 Å². The van der Waals surface area contributed by atoms with E-state index >= 15 is 0 Å². The standard InChI is InChI=1S/C31H30N4O3S/c1-37-23-14-10-20(11-15-23)18-22-6-5-7-25-29(22)34-35(30(25)21-12-16-24(38-2)17-13-21)28(36)19-39-31-32-26-8-3-4-9-27(26)33-31/h3-4,8-18,25,30H,5-7,19H2,1-2H3,(H,32,33)/b22-18-/t25-,30-/m1/s1. The second-order valence-corrected chi connectivity index (χ2v) is 10.7. The van der Waals surface area contributed by atoms with E-state index in [4.69, 9.17) is 14.6 Å². The summed E-state index contributed by atoms with van der Waals surface area (Å²) in [5, 5.41) is 7.45. The van der Waals surface area contributed by atoms with Crippen LogP contribution in [0.15, 0.2) is 88.6 Å². The Labute approximate surface area is 231 Å². The highest BCUT2D eigenvalue weighted by Crippen LogP contribution is 2.45. The van der Waals surface area contributed by atoms with Gasteiger partial charge in [0, 0.05) is 5.92 Å². The second kappa shape index (κ2) is 11.0. The number of carbonyl (C=O) groups excluding carboxylic acids is 1. The van der Waals surface area contributed by atoms with E-state index in [1.165, 1.54) is 17.3 Å². The van der Waals surface area contributed by atoms with Gasteiger partial charge in [0.1, 0.15) is 11.5 Å². The Bertz CT molecular complexity index is 1510. The number of H-pyrrole nitrogens is 1. The Morgan fingerprint density at radius 1 is 1.03 bits per heavy atom. The number of nitrogens with zero attached hydrogens (tertiary/aromatic N) is 3. The molecule has 0 bridgehead atoms. The molecule has 3 aromatic carbocycles. The van der Waals surface area contributed by atoms with Gasteiger partial charge in [0.2, 0.25) is 0 Å². The van der Waals surface area contributed by atoms with Crippen LogP contribution in [0, 0.1) is 5.92 Å². The van der Waals surface area contributed by atoms with Crippen molar-refractivity contribution in [1.29, 1.82) is 0 Å². The average molecular weight is 539 g/mol. The Kier molecular flexibility index (Phi) is 7.11. The highest BCUT2D eigenvalue weighted by molar-refractivity contribution is 7.99. The van der Waals surface area contributed by atoms with Crippen LogP contribution in [0.2, 0.25) is 0 Å². The SMILES string of the molecule is COc1ccc(/C=C2/CCC[C@@H]3C2=NN(C(=O)CSc2nc4ccccc4[nH]2)[C@@H]3c2ccc(OC)cc2)cc1. The van der Waals surface area contributed by atoms with Gasteiger partial charge in [-0.2, -0.15) is 5.10 Å². The van der Waals surface area contributed by atoms with Crippen LogP contribution in [0.5, 0.6) is 11.5 Å². The topological polar surface area (TPSA) is 79.8 Å². The first kappa shape index (κ1) is 25.2. The molecule has 2 heterocycles. The molecule has 39 heavy (non-hydrogen) atoms. The molecule has 1 aliphatic carbocycles. The number of fused-ring (bicyclic) bond motifs is 2. The summed E-state index contributed by atoms with van der Waals surface area (Å²) in [5.41, 5.74) is 6.22. The van der Waals surface area contributed by atoms with Crippen LogP contribution >= 0.6 is 11.8 Å². The minimum Gasteiger partial charge on any atom is -0.497 e. The van der Waals surface area contributed by atoms with Gasteiger partial charge in [-0.3, -0.25) is 4.79 Å². The van der Waals surface area contributed by atoms with Crippen molar-refractivity contribution in [2.45, 2.75) is 30.5 Å². The molecule has 8 heteroatoms. The van der Waals surface area contributed by atoms with E-state index in [1.54, 1.807) is 19.2 Å². The molecule has 1 N–H and O–H groups in total. The Balaban J connectivity index is 1.30. The predicted molar refractivity (Wildman–Crippen MR) is 155 cm³/mol. The van der Waals surface area contributed by atoms with E-state index in [9.17, 15) is 4.79 Å². The lowest BCUT2D eigenvalue weighted by Gasteiger charge is -2.29. The van der Waals surface area contributed by atoms with Crippen molar-refractivity contribution in [3.63, 3.8) is 0 Å². The van der Waals surface area contributed by atoms with E-state index in [0.717, 1.165) is 63.8 Å². The first-order valence-corrected chi connectivity index (χ1v) is 14.1. The zero-order chi connectivity index (χ0) is 26.8. The van der Waals surface area contributed by atoms with Crippen molar-refractivity contribution < 1.29 is 14.3 Å². The molecule has 0 spiro atoms. The molecule has 0 radical (unpaired) electrons. The minimum absolute atomic E-state index is 0.0352. The summed E-state index contributed by atoms with van der Waals surface area (Å²) >= 11 is 1.41. The quantitative estimate of drug-likeness (QED) is 0.272. The number of allylic oxidation sites excluding steroid dienone is 1. The van der Waals surface area contributed by atoms with Gasteiger partial charge in [0.15, 0.2) is 5.16 Å². The monoisotopic (exact) mass is 538 g/mol. The molecule has 1 saturated carbocycles. The third-order valence-electron chi connectivity index (χ3n) is 7.37. The van der Waals surface area contributed by atoms with Gasteiger partial charge in [-0.15, -0.1) is 0 Å². The van der Waals surface area contributed by atoms with Crippen LogP contribution in [-0.2, 0) is 4.79 Å². The molecule has 4 aromatic rings. The zero-order valence-corrected chi connectivity index (χ0v) is 22.8. The molecular weight excluding hydrogens is 508 g/mol. The summed E-state index contributed by atoms with van der Waals surface area (Å²) in [6, 6.07) is 23.8. The summed E-state index contributed by atoms with van der Waals surface area (Å²) < 4.78 is 10.7. The Morgan fingerprint density at radius 2 is 1.74 bits per heavy atom. The molecule has 1 aromatic heterocycles. The number of amides is 1. The van der Waals surface area contributed by atoms with E-state index in [0.29, 0.717) is 0 Å². The number of benzene rings is 3. The number of rotatable bonds is 7. The first-order valence-electron chi connectivity index (χ1n) is 13.1. The number of thioether (sulfide) groups is 1. The highest BCUT2D eigenvalue weighted by Gasteiger charge is 2.43. The van der Waals surface area contributed by atoms with Crippen molar-refractivity contribution in [2.24, 2.45) is 11.0 Å². The number of methoxy groups -OCH3 is 2. The summed E-state index contributed by atoms with van der Waals surface area (Å²) in [4.78, 5) is 21.6. The number of nitrogens with one attached hydrogen (secondary N) is 1. The van der Waals surface area contributed by atoms with Gasteiger partial charge >= 0.3 is 0 Å². The van der Waals surface area contributed by atoms with Crippen molar-refractivity contribution >= 4 is 40.5 Å². The molecule has 7 nitrogen and oxygen atoms in total. The Morgan fingerprint density at radius 3 is 2.46 bits per heavy atom. The maximum Gasteiger partial charge on any atom is 0.253 e. The molecular formula is C31H30N4O3S. The lowest BCUT2D eigenvalue weighted by Crippen LogP contribution is -2.32. The summed E-state index contributed by atoms with van der Waals surface area (Å²) in [7, 11) is 3.33. The fourth-order valence-electron chi connectivity index (χ4n) is 5.44. The third kappa shape index (κ3) is 5.16. The lowest BCUT2D eigenvalue weighted by atomic mass is 9.77. The van der Waals surface area contributed by atoms with Crippen LogP contribution in [0.1, 0.15) is 36.4 Å². The maximum absolute atomic E-state index is 13.7. The maximum atomic E-state index is 13.7. The lowest BCUT2D eigenvalue weighted by molar-refractivity contribution is -0.130. The van der Waals surface area contributed by atoms with Gasteiger partial charge < -0.3 is 14.5 Å².